The highest BCUT2D eigenvalue weighted by atomic mass is 15.1. The van der Waals surface area contributed by atoms with Crippen LogP contribution in [-0.4, -0.2) is 21.4 Å². The number of rotatable bonds is 6. The normalized spacial score (nSPS) is 13.5. The standard InChI is InChI=1S/C25H24N4/c1-2-6-24-20(4-1)8-9-22(28-24)12-15-29-17-21-5-3-7-25(23(21)18-29)27-16-19-10-13-26-14-11-19/h1-11,13-14,27H,12,15-18H2. The summed E-state index contributed by atoms with van der Waals surface area (Å²) in [4.78, 5) is 11.4. The summed E-state index contributed by atoms with van der Waals surface area (Å²) >= 11 is 0. The van der Waals surface area contributed by atoms with Gasteiger partial charge in [0, 0.05) is 61.8 Å². The van der Waals surface area contributed by atoms with Crippen molar-refractivity contribution in [2.24, 2.45) is 0 Å². The van der Waals surface area contributed by atoms with Crippen LogP contribution in [0.5, 0.6) is 0 Å². The molecule has 0 amide bonds. The molecule has 0 aliphatic carbocycles. The molecule has 4 heteroatoms. The molecule has 0 spiro atoms. The molecule has 4 nitrogen and oxygen atoms in total. The molecule has 0 atom stereocenters. The summed E-state index contributed by atoms with van der Waals surface area (Å²) in [6.07, 6.45) is 4.66. The maximum atomic E-state index is 4.82. The van der Waals surface area contributed by atoms with Crippen LogP contribution < -0.4 is 5.32 Å². The SMILES string of the molecule is c1cc2c(c(NCc3ccncc3)c1)CN(CCc1ccc3ccccc3n1)C2. The summed E-state index contributed by atoms with van der Waals surface area (Å²) in [5.74, 6) is 0. The lowest BCUT2D eigenvalue weighted by Gasteiger charge is -2.15. The highest BCUT2D eigenvalue weighted by Crippen LogP contribution is 2.29. The van der Waals surface area contributed by atoms with Crippen LogP contribution in [0.1, 0.15) is 22.4 Å². The molecule has 0 saturated carbocycles. The van der Waals surface area contributed by atoms with E-state index in [1.165, 1.54) is 27.8 Å². The molecule has 5 rings (SSSR count). The minimum atomic E-state index is 0.819. The van der Waals surface area contributed by atoms with Crippen LogP contribution in [0.15, 0.2) is 79.1 Å². The van der Waals surface area contributed by atoms with Crippen LogP contribution in [0.4, 0.5) is 5.69 Å². The van der Waals surface area contributed by atoms with Gasteiger partial charge in [0.05, 0.1) is 5.52 Å². The van der Waals surface area contributed by atoms with Crippen LogP contribution in [-0.2, 0) is 26.1 Å². The first-order valence-electron chi connectivity index (χ1n) is 10.2. The Morgan fingerprint density at radius 3 is 2.69 bits per heavy atom. The smallest absolute Gasteiger partial charge is 0.0705 e. The number of fused-ring (bicyclic) bond motifs is 2. The number of hydrogen-bond acceptors (Lipinski definition) is 4. The maximum Gasteiger partial charge on any atom is 0.0705 e. The van der Waals surface area contributed by atoms with Gasteiger partial charge in [0.15, 0.2) is 0 Å². The van der Waals surface area contributed by atoms with Crippen molar-refractivity contribution in [2.45, 2.75) is 26.1 Å². The van der Waals surface area contributed by atoms with E-state index >= 15 is 0 Å². The predicted octanol–water partition coefficient (Wildman–Crippen LogP) is 4.80. The highest BCUT2D eigenvalue weighted by molar-refractivity contribution is 5.78. The number of nitrogens with zero attached hydrogens (tertiary/aromatic N) is 3. The Hall–Kier alpha value is -3.24. The topological polar surface area (TPSA) is 41.1 Å². The van der Waals surface area contributed by atoms with Crippen LogP contribution in [0.3, 0.4) is 0 Å². The molecule has 2 aromatic heterocycles. The fraction of sp³-hybridized carbons (Fsp3) is 0.200. The van der Waals surface area contributed by atoms with Gasteiger partial charge < -0.3 is 5.32 Å². The van der Waals surface area contributed by atoms with Gasteiger partial charge in [-0.25, -0.2) is 0 Å². The van der Waals surface area contributed by atoms with Crippen LogP contribution in [0.2, 0.25) is 0 Å². The number of nitrogens with one attached hydrogen (secondary N) is 1. The van der Waals surface area contributed by atoms with Gasteiger partial charge in [0.1, 0.15) is 0 Å². The zero-order valence-electron chi connectivity index (χ0n) is 16.4. The van der Waals surface area contributed by atoms with Crippen LogP contribution in [0.25, 0.3) is 10.9 Å². The van der Waals surface area contributed by atoms with E-state index in [-0.39, 0.29) is 0 Å². The van der Waals surface area contributed by atoms with Crippen molar-refractivity contribution in [2.75, 3.05) is 11.9 Å². The third-order valence-electron chi connectivity index (χ3n) is 5.62. The number of benzene rings is 2. The van der Waals surface area contributed by atoms with E-state index < -0.39 is 0 Å². The average molecular weight is 380 g/mol. The zero-order valence-corrected chi connectivity index (χ0v) is 16.4. The van der Waals surface area contributed by atoms with Crippen molar-refractivity contribution in [1.29, 1.82) is 0 Å². The van der Waals surface area contributed by atoms with Gasteiger partial charge in [-0.3, -0.25) is 14.9 Å². The van der Waals surface area contributed by atoms with Gasteiger partial charge in [0.2, 0.25) is 0 Å². The van der Waals surface area contributed by atoms with E-state index in [0.717, 1.165) is 43.8 Å². The highest BCUT2D eigenvalue weighted by Gasteiger charge is 2.21. The molecule has 1 aliphatic rings. The first-order valence-corrected chi connectivity index (χ1v) is 10.2. The molecule has 144 valence electrons. The van der Waals surface area contributed by atoms with E-state index in [0.29, 0.717) is 0 Å². The molecule has 4 aromatic rings. The first-order chi connectivity index (χ1) is 14.3. The molecular weight excluding hydrogens is 356 g/mol. The van der Waals surface area contributed by atoms with Crippen molar-refractivity contribution in [3.8, 4) is 0 Å². The lowest BCUT2D eigenvalue weighted by Crippen LogP contribution is -2.20. The Morgan fingerprint density at radius 2 is 1.76 bits per heavy atom. The second-order valence-corrected chi connectivity index (χ2v) is 7.61. The fourth-order valence-electron chi connectivity index (χ4n) is 4.03. The summed E-state index contributed by atoms with van der Waals surface area (Å²) in [7, 11) is 0. The monoisotopic (exact) mass is 380 g/mol. The van der Waals surface area contributed by atoms with Gasteiger partial charge in [-0.15, -0.1) is 0 Å². The third-order valence-corrected chi connectivity index (χ3v) is 5.62. The molecule has 1 aliphatic heterocycles. The quantitative estimate of drug-likeness (QED) is 0.522. The zero-order chi connectivity index (χ0) is 19.5. The largest absolute Gasteiger partial charge is 0.381 e. The number of hydrogen-bond donors (Lipinski definition) is 1. The van der Waals surface area contributed by atoms with E-state index in [1.54, 1.807) is 0 Å². The van der Waals surface area contributed by atoms with E-state index in [9.17, 15) is 0 Å². The Balaban J connectivity index is 1.23. The van der Waals surface area contributed by atoms with Gasteiger partial charge >= 0.3 is 0 Å². The van der Waals surface area contributed by atoms with E-state index in [4.69, 9.17) is 4.98 Å². The Bertz CT molecular complexity index is 1120. The van der Waals surface area contributed by atoms with Crippen molar-refractivity contribution in [3.63, 3.8) is 0 Å². The van der Waals surface area contributed by atoms with Gasteiger partial charge in [0.25, 0.3) is 0 Å². The van der Waals surface area contributed by atoms with Crippen LogP contribution in [0, 0.1) is 0 Å². The van der Waals surface area contributed by atoms with Crippen molar-refractivity contribution < 1.29 is 0 Å². The van der Waals surface area contributed by atoms with E-state index in [1.807, 2.05) is 12.4 Å². The lowest BCUT2D eigenvalue weighted by molar-refractivity contribution is 0.287. The first kappa shape index (κ1) is 17.8. The minimum Gasteiger partial charge on any atom is -0.381 e. The van der Waals surface area contributed by atoms with Crippen molar-refractivity contribution >= 4 is 16.6 Å². The molecule has 0 saturated heterocycles. The summed E-state index contributed by atoms with van der Waals surface area (Å²) < 4.78 is 0. The molecule has 0 radical (unpaired) electrons. The third kappa shape index (κ3) is 3.98. The molecule has 0 bridgehead atoms. The summed E-state index contributed by atoms with van der Waals surface area (Å²) in [6, 6.07) is 23.4. The lowest BCUT2D eigenvalue weighted by atomic mass is 10.1. The van der Waals surface area contributed by atoms with Crippen molar-refractivity contribution in [3.05, 3.63) is 102 Å². The summed E-state index contributed by atoms with van der Waals surface area (Å²) in [5, 5.41) is 4.81. The molecule has 3 heterocycles. The number of para-hydroxylation sites is 1. The predicted molar refractivity (Wildman–Crippen MR) is 118 cm³/mol. The summed E-state index contributed by atoms with van der Waals surface area (Å²) in [6.45, 7) is 3.83. The molecule has 2 aromatic carbocycles. The molecule has 0 unspecified atom stereocenters. The molecule has 0 fully saturated rings. The van der Waals surface area contributed by atoms with Crippen LogP contribution >= 0.6 is 0 Å². The Labute approximate surface area is 171 Å². The molecule has 29 heavy (non-hydrogen) atoms. The Kier molecular flexibility index (Phi) is 4.93. The molecular formula is C25H24N4. The Morgan fingerprint density at radius 1 is 0.862 bits per heavy atom. The minimum absolute atomic E-state index is 0.819. The number of anilines is 1. The van der Waals surface area contributed by atoms with Crippen molar-refractivity contribution in [1.82, 2.24) is 14.9 Å². The average Bonchev–Trinajstić information content (AvgIpc) is 3.20. The second-order valence-electron chi connectivity index (χ2n) is 7.61. The van der Waals surface area contributed by atoms with Gasteiger partial charge in [-0.2, -0.15) is 0 Å². The number of aromatic nitrogens is 2. The summed E-state index contributed by atoms with van der Waals surface area (Å²) in [5.41, 5.74) is 7.58. The van der Waals surface area contributed by atoms with Gasteiger partial charge in [-0.1, -0.05) is 36.4 Å². The van der Waals surface area contributed by atoms with Gasteiger partial charge in [-0.05, 0) is 47.0 Å². The fourth-order valence-corrected chi connectivity index (χ4v) is 4.03. The molecule has 1 N–H and O–H groups in total. The maximum absolute atomic E-state index is 4.82. The second kappa shape index (κ2) is 8.02. The van der Waals surface area contributed by atoms with E-state index in [2.05, 4.69) is 81.9 Å². The number of pyridine rings is 2.